The van der Waals surface area contributed by atoms with Crippen LogP contribution in [0.15, 0.2) is 60.2 Å². The molecule has 0 N–H and O–H groups in total. The minimum absolute atomic E-state index is 0.103. The van der Waals surface area contributed by atoms with Crippen LogP contribution in [-0.4, -0.2) is 5.78 Å². The Labute approximate surface area is 148 Å². The Hall–Kier alpha value is -1.86. The number of allylic oxidation sites excluding steroid dienone is 2. The van der Waals surface area contributed by atoms with Crippen LogP contribution in [0.3, 0.4) is 0 Å². The van der Waals surface area contributed by atoms with Gasteiger partial charge < -0.3 is 0 Å². The number of benzene rings is 2. The number of hydrogen-bond donors (Lipinski definition) is 0. The summed E-state index contributed by atoms with van der Waals surface area (Å²) in [6.45, 7) is 0. The molecule has 4 rings (SSSR count). The van der Waals surface area contributed by atoms with Crippen LogP contribution >= 0.6 is 11.6 Å². The number of halogens is 1. The van der Waals surface area contributed by atoms with Crippen LogP contribution in [0, 0.1) is 5.92 Å². The third-order valence-corrected chi connectivity index (χ3v) is 5.79. The highest BCUT2D eigenvalue weighted by molar-refractivity contribution is 6.30. The molecule has 0 saturated carbocycles. The maximum absolute atomic E-state index is 12.8. The van der Waals surface area contributed by atoms with Gasteiger partial charge in [-0.2, -0.15) is 0 Å². The van der Waals surface area contributed by atoms with E-state index < -0.39 is 0 Å². The summed E-state index contributed by atoms with van der Waals surface area (Å²) in [7, 11) is 0. The number of aryl methyl sites for hydroxylation is 1. The molecule has 0 aliphatic heterocycles. The molecule has 2 atom stereocenters. The predicted molar refractivity (Wildman–Crippen MR) is 98.7 cm³/mol. The first-order chi connectivity index (χ1) is 11.7. The van der Waals surface area contributed by atoms with Crippen molar-refractivity contribution in [1.29, 1.82) is 0 Å². The fourth-order valence-electron chi connectivity index (χ4n) is 4.16. The Balaban J connectivity index is 1.51. The van der Waals surface area contributed by atoms with Crippen LogP contribution in [-0.2, 0) is 6.42 Å². The van der Waals surface area contributed by atoms with E-state index in [-0.39, 0.29) is 5.92 Å². The van der Waals surface area contributed by atoms with Gasteiger partial charge in [-0.25, -0.2) is 0 Å². The Morgan fingerprint density at radius 2 is 1.71 bits per heavy atom. The number of Topliss-reactive ketones (excluding diaryl/α,β-unsaturated/α-hetero) is 1. The predicted octanol–water partition coefficient (Wildman–Crippen LogP) is 5.98. The van der Waals surface area contributed by atoms with E-state index in [0.717, 1.165) is 42.7 Å². The zero-order valence-electron chi connectivity index (χ0n) is 13.7. The number of carbonyl (C=O) groups is 1. The summed E-state index contributed by atoms with van der Waals surface area (Å²) in [5.74, 6) is 0.983. The lowest BCUT2D eigenvalue weighted by atomic mass is 9.74. The van der Waals surface area contributed by atoms with Gasteiger partial charge in [0.2, 0.25) is 0 Å². The number of fused-ring (bicyclic) bond motifs is 1. The zero-order chi connectivity index (χ0) is 16.5. The highest BCUT2D eigenvalue weighted by Gasteiger charge is 2.31. The molecule has 1 unspecified atom stereocenters. The second kappa shape index (κ2) is 6.57. The van der Waals surface area contributed by atoms with Gasteiger partial charge >= 0.3 is 0 Å². The van der Waals surface area contributed by atoms with Crippen molar-refractivity contribution in [2.75, 3.05) is 0 Å². The largest absolute Gasteiger partial charge is 0.293 e. The van der Waals surface area contributed by atoms with E-state index in [1.807, 2.05) is 30.3 Å². The minimum atomic E-state index is 0.103. The van der Waals surface area contributed by atoms with Crippen LogP contribution in [0.1, 0.15) is 53.1 Å². The Kier molecular flexibility index (Phi) is 4.28. The average Bonchev–Trinajstić information content (AvgIpc) is 2.63. The lowest BCUT2D eigenvalue weighted by molar-refractivity contribution is 0.0921. The van der Waals surface area contributed by atoms with Gasteiger partial charge in [0, 0.05) is 16.5 Å². The van der Waals surface area contributed by atoms with Gasteiger partial charge in [0.05, 0.1) is 0 Å². The van der Waals surface area contributed by atoms with Crippen molar-refractivity contribution < 1.29 is 4.79 Å². The Morgan fingerprint density at radius 3 is 2.46 bits per heavy atom. The van der Waals surface area contributed by atoms with Gasteiger partial charge in [0.1, 0.15) is 0 Å². The summed E-state index contributed by atoms with van der Waals surface area (Å²) in [4.78, 5) is 12.8. The highest BCUT2D eigenvalue weighted by Crippen LogP contribution is 2.39. The van der Waals surface area contributed by atoms with Gasteiger partial charge in [-0.3, -0.25) is 4.79 Å². The third-order valence-electron chi connectivity index (χ3n) is 5.54. The van der Waals surface area contributed by atoms with Crippen molar-refractivity contribution in [3.63, 3.8) is 0 Å². The van der Waals surface area contributed by atoms with Crippen LogP contribution in [0.25, 0.3) is 0 Å². The summed E-state index contributed by atoms with van der Waals surface area (Å²) in [6.07, 6.45) is 7.50. The first-order valence-corrected chi connectivity index (χ1v) is 9.16. The van der Waals surface area contributed by atoms with Gasteiger partial charge in [0.15, 0.2) is 5.78 Å². The summed E-state index contributed by atoms with van der Waals surface area (Å²) < 4.78 is 0. The highest BCUT2D eigenvalue weighted by atomic mass is 35.5. The van der Waals surface area contributed by atoms with Gasteiger partial charge in [-0.05, 0) is 61.3 Å². The van der Waals surface area contributed by atoms with Crippen molar-refractivity contribution in [2.45, 2.75) is 38.0 Å². The Bertz CT molecular complexity index is 788. The second-order valence-corrected chi connectivity index (χ2v) is 7.35. The molecule has 2 aromatic rings. The number of rotatable bonds is 2. The van der Waals surface area contributed by atoms with Gasteiger partial charge in [-0.15, -0.1) is 0 Å². The molecule has 0 radical (unpaired) electrons. The maximum atomic E-state index is 12.8. The molecule has 1 nitrogen and oxygen atoms in total. The SMILES string of the molecule is O=C1c2ccccc2CCC1C1=CC[C@@H](c2ccc(Cl)cc2)CC1. The quantitative estimate of drug-likeness (QED) is 0.616. The molecule has 0 heterocycles. The molecule has 0 saturated heterocycles. The first kappa shape index (κ1) is 15.7. The molecule has 2 aliphatic rings. The van der Waals surface area contributed by atoms with Crippen molar-refractivity contribution in [2.24, 2.45) is 5.92 Å². The number of ketones is 1. The topological polar surface area (TPSA) is 17.1 Å². The summed E-state index contributed by atoms with van der Waals surface area (Å²) >= 11 is 5.98. The van der Waals surface area contributed by atoms with Crippen molar-refractivity contribution in [3.8, 4) is 0 Å². The second-order valence-electron chi connectivity index (χ2n) is 6.91. The van der Waals surface area contributed by atoms with Crippen molar-refractivity contribution in [3.05, 3.63) is 81.9 Å². The van der Waals surface area contributed by atoms with Crippen LogP contribution < -0.4 is 0 Å². The lowest BCUT2D eigenvalue weighted by Crippen LogP contribution is -2.25. The molecule has 0 fully saturated rings. The molecule has 122 valence electrons. The van der Waals surface area contributed by atoms with Gasteiger partial charge in [-0.1, -0.05) is 59.6 Å². The van der Waals surface area contributed by atoms with Crippen molar-refractivity contribution >= 4 is 17.4 Å². The molecule has 0 spiro atoms. The number of carbonyl (C=O) groups excluding carboxylic acids is 1. The van der Waals surface area contributed by atoms with E-state index in [4.69, 9.17) is 11.6 Å². The van der Waals surface area contributed by atoms with E-state index in [1.54, 1.807) is 0 Å². The third kappa shape index (κ3) is 2.93. The molecule has 0 aromatic heterocycles. The maximum Gasteiger partial charge on any atom is 0.170 e. The van der Waals surface area contributed by atoms with E-state index in [2.05, 4.69) is 24.3 Å². The molecular weight excluding hydrogens is 316 g/mol. The molecule has 2 aliphatic carbocycles. The molecular formula is C22H21ClO. The molecule has 0 amide bonds. The number of hydrogen-bond acceptors (Lipinski definition) is 1. The zero-order valence-corrected chi connectivity index (χ0v) is 14.4. The lowest BCUT2D eigenvalue weighted by Gasteiger charge is -2.30. The fourth-order valence-corrected chi connectivity index (χ4v) is 4.29. The smallest absolute Gasteiger partial charge is 0.170 e. The normalized spacial score (nSPS) is 23.5. The van der Waals surface area contributed by atoms with Gasteiger partial charge in [0.25, 0.3) is 0 Å². The standard InChI is InChI=1S/C22H21ClO/c23-19-12-9-16(10-13-19)15-5-7-18(8-6-15)21-14-11-17-3-1-2-4-20(17)22(21)24/h1-4,7,9-10,12-13,15,21H,5-6,8,11,14H2/t15-,21?/m1/s1. The van der Waals surface area contributed by atoms with Crippen molar-refractivity contribution in [1.82, 2.24) is 0 Å². The molecule has 0 bridgehead atoms. The monoisotopic (exact) mass is 336 g/mol. The Morgan fingerprint density at radius 1 is 0.917 bits per heavy atom. The summed E-state index contributed by atoms with van der Waals surface area (Å²) in [6, 6.07) is 16.3. The van der Waals surface area contributed by atoms with E-state index in [1.165, 1.54) is 16.7 Å². The summed E-state index contributed by atoms with van der Waals surface area (Å²) in [5, 5.41) is 0.789. The van der Waals surface area contributed by atoms with E-state index in [9.17, 15) is 4.79 Å². The summed E-state index contributed by atoms with van der Waals surface area (Å²) in [5.41, 5.74) is 4.87. The fraction of sp³-hybridized carbons (Fsp3) is 0.318. The van der Waals surface area contributed by atoms with Crippen LogP contribution in [0.4, 0.5) is 0 Å². The van der Waals surface area contributed by atoms with Crippen LogP contribution in [0.5, 0.6) is 0 Å². The average molecular weight is 337 g/mol. The minimum Gasteiger partial charge on any atom is -0.293 e. The van der Waals surface area contributed by atoms with Crippen LogP contribution in [0.2, 0.25) is 5.02 Å². The van der Waals surface area contributed by atoms with E-state index >= 15 is 0 Å². The molecule has 2 aromatic carbocycles. The van der Waals surface area contributed by atoms with E-state index in [0.29, 0.717) is 11.7 Å². The molecule has 24 heavy (non-hydrogen) atoms. The first-order valence-electron chi connectivity index (χ1n) is 8.79. The molecule has 2 heteroatoms.